The minimum absolute atomic E-state index is 0.0434. The van der Waals surface area contributed by atoms with Crippen LogP contribution in [0.3, 0.4) is 0 Å². The summed E-state index contributed by atoms with van der Waals surface area (Å²) < 4.78 is 7.36. The van der Waals surface area contributed by atoms with E-state index >= 15 is 0 Å². The number of fused-ring (bicyclic) bond motifs is 1. The lowest BCUT2D eigenvalue weighted by Gasteiger charge is -2.44. The van der Waals surface area contributed by atoms with E-state index in [0.717, 1.165) is 61.4 Å². The Hall–Kier alpha value is -2.13. The fraction of sp³-hybridized carbons (Fsp3) is 0.607. The number of piperidine rings is 2. The highest BCUT2D eigenvalue weighted by Gasteiger charge is 2.33. The van der Waals surface area contributed by atoms with Gasteiger partial charge in [-0.2, -0.15) is 19.6 Å². The second-order valence-electron chi connectivity index (χ2n) is 11.1. The molecular weight excluding hydrogens is 521 g/mol. The first kappa shape index (κ1) is 26.1. The van der Waals surface area contributed by atoms with Crippen LogP contribution in [0.4, 0.5) is 11.6 Å². The molecule has 0 bridgehead atoms. The predicted octanol–water partition coefficient (Wildman–Crippen LogP) is 5.71. The van der Waals surface area contributed by atoms with Gasteiger partial charge in [0.2, 0.25) is 0 Å². The van der Waals surface area contributed by atoms with Crippen molar-refractivity contribution in [1.29, 1.82) is 0 Å². The van der Waals surface area contributed by atoms with E-state index in [1.807, 2.05) is 12.1 Å². The Morgan fingerprint density at radius 3 is 2.61 bits per heavy atom. The second-order valence-corrected chi connectivity index (χ2v) is 11.9. The second kappa shape index (κ2) is 11.5. The molecule has 0 saturated carbocycles. The maximum Gasteiger partial charge on any atom is 0.256 e. The molecule has 3 aromatic rings. The number of nitrogens with zero attached hydrogens (tertiary/aromatic N) is 6. The minimum atomic E-state index is -0.0434. The van der Waals surface area contributed by atoms with E-state index < -0.39 is 0 Å². The summed E-state index contributed by atoms with van der Waals surface area (Å²) in [5.74, 6) is 4.00. The largest absolute Gasteiger partial charge is 0.381 e. The molecule has 1 aromatic carbocycles. The number of hydrogen-bond acceptors (Lipinski definition) is 7. The molecule has 3 saturated heterocycles. The van der Waals surface area contributed by atoms with Gasteiger partial charge >= 0.3 is 0 Å². The Bertz CT molecular complexity index is 1240. The van der Waals surface area contributed by atoms with Crippen LogP contribution in [0.15, 0.2) is 30.6 Å². The highest BCUT2D eigenvalue weighted by molar-refractivity contribution is 6.35. The van der Waals surface area contributed by atoms with Gasteiger partial charge in [-0.15, -0.1) is 0 Å². The summed E-state index contributed by atoms with van der Waals surface area (Å²) in [5, 5.41) is 9.25. The zero-order chi connectivity index (χ0) is 26.1. The van der Waals surface area contributed by atoms with Gasteiger partial charge in [-0.25, -0.2) is 0 Å². The lowest BCUT2D eigenvalue weighted by molar-refractivity contribution is 0.00908. The van der Waals surface area contributed by atoms with Crippen molar-refractivity contribution in [3.8, 4) is 0 Å². The van der Waals surface area contributed by atoms with Crippen LogP contribution in [0.25, 0.3) is 5.78 Å². The van der Waals surface area contributed by atoms with Gasteiger partial charge in [0.1, 0.15) is 18.0 Å². The third-order valence-electron chi connectivity index (χ3n) is 8.76. The fourth-order valence-electron chi connectivity index (χ4n) is 6.62. The van der Waals surface area contributed by atoms with Crippen molar-refractivity contribution in [2.75, 3.05) is 49.6 Å². The van der Waals surface area contributed by atoms with E-state index in [1.54, 1.807) is 16.9 Å². The number of halogens is 2. The zero-order valence-electron chi connectivity index (χ0n) is 22.0. The summed E-state index contributed by atoms with van der Waals surface area (Å²) >= 11 is 12.6. The molecular formula is C28H37Cl2N7O. The highest BCUT2D eigenvalue weighted by Crippen LogP contribution is 2.35. The van der Waals surface area contributed by atoms with Gasteiger partial charge in [0.15, 0.2) is 0 Å². The standard InChI is InChI=1S/C28H37Cl2N7O/c1-19(24-5-4-22(29)15-25(24)30)33-27-16-26(34-28-31-18-32-37(27)28)35-11-6-20(7-12-35)21-3-2-10-36(17-21)23-8-13-38-14-9-23/h4-5,15-16,18-21,23,33H,2-3,6-14,17H2,1H3/t19-,21+/m1/s1. The number of likely N-dealkylation sites (tertiary alicyclic amines) is 1. The molecule has 1 N–H and O–H groups in total. The summed E-state index contributed by atoms with van der Waals surface area (Å²) in [4.78, 5) is 14.4. The minimum Gasteiger partial charge on any atom is -0.381 e. The molecule has 0 amide bonds. The molecule has 0 radical (unpaired) electrons. The predicted molar refractivity (Wildman–Crippen MR) is 152 cm³/mol. The normalized spacial score (nSPS) is 23.1. The monoisotopic (exact) mass is 557 g/mol. The first-order valence-corrected chi connectivity index (χ1v) is 14.8. The van der Waals surface area contributed by atoms with Crippen molar-refractivity contribution >= 4 is 40.6 Å². The zero-order valence-corrected chi connectivity index (χ0v) is 23.5. The SMILES string of the molecule is C[C@@H](Nc1cc(N2CCC([C@H]3CCCN(C4CCOCC4)C3)CC2)nc2ncnn12)c1ccc(Cl)cc1Cl. The molecule has 0 spiro atoms. The number of hydrogen-bond donors (Lipinski definition) is 1. The fourth-order valence-corrected chi connectivity index (χ4v) is 7.20. The Labute approximate surface area is 234 Å². The third-order valence-corrected chi connectivity index (χ3v) is 9.32. The molecule has 8 nitrogen and oxygen atoms in total. The molecule has 204 valence electrons. The average molecular weight is 559 g/mol. The summed E-state index contributed by atoms with van der Waals surface area (Å²) in [7, 11) is 0. The average Bonchev–Trinajstić information content (AvgIpc) is 3.43. The lowest BCUT2D eigenvalue weighted by Crippen LogP contribution is -2.48. The first-order valence-electron chi connectivity index (χ1n) is 14.0. The summed E-state index contributed by atoms with van der Waals surface area (Å²) in [6.45, 7) is 8.50. The maximum absolute atomic E-state index is 6.48. The Kier molecular flexibility index (Phi) is 7.93. The van der Waals surface area contributed by atoms with Crippen LogP contribution in [-0.4, -0.2) is 69.9 Å². The Morgan fingerprint density at radius 1 is 1.00 bits per heavy atom. The molecule has 2 aromatic heterocycles. The molecule has 3 aliphatic heterocycles. The quantitative estimate of drug-likeness (QED) is 0.416. The number of rotatable bonds is 6. The van der Waals surface area contributed by atoms with Crippen molar-refractivity contribution in [2.24, 2.45) is 11.8 Å². The molecule has 5 heterocycles. The van der Waals surface area contributed by atoms with Crippen LogP contribution in [0.1, 0.15) is 57.1 Å². The van der Waals surface area contributed by atoms with E-state index in [0.29, 0.717) is 15.8 Å². The van der Waals surface area contributed by atoms with E-state index in [4.69, 9.17) is 32.9 Å². The number of ether oxygens (including phenoxy) is 1. The Balaban J connectivity index is 1.13. The number of anilines is 2. The van der Waals surface area contributed by atoms with Crippen molar-refractivity contribution in [1.82, 2.24) is 24.5 Å². The highest BCUT2D eigenvalue weighted by atomic mass is 35.5. The smallest absolute Gasteiger partial charge is 0.256 e. The number of aromatic nitrogens is 4. The molecule has 3 aliphatic rings. The van der Waals surface area contributed by atoms with E-state index in [2.05, 4.69) is 38.2 Å². The van der Waals surface area contributed by atoms with Crippen LogP contribution in [0.5, 0.6) is 0 Å². The van der Waals surface area contributed by atoms with Crippen LogP contribution in [-0.2, 0) is 4.74 Å². The molecule has 10 heteroatoms. The molecule has 0 unspecified atom stereocenters. The van der Waals surface area contributed by atoms with Crippen LogP contribution >= 0.6 is 23.2 Å². The van der Waals surface area contributed by atoms with Gasteiger partial charge < -0.3 is 15.0 Å². The summed E-state index contributed by atoms with van der Waals surface area (Å²) in [6.07, 6.45) is 9.07. The van der Waals surface area contributed by atoms with Gasteiger partial charge in [0.05, 0.1) is 6.04 Å². The third kappa shape index (κ3) is 5.60. The van der Waals surface area contributed by atoms with Crippen LogP contribution in [0.2, 0.25) is 10.0 Å². The van der Waals surface area contributed by atoms with E-state index in [9.17, 15) is 0 Å². The summed E-state index contributed by atoms with van der Waals surface area (Å²) in [5.41, 5.74) is 0.978. The van der Waals surface area contributed by atoms with Gasteiger partial charge in [-0.3, -0.25) is 4.90 Å². The van der Waals surface area contributed by atoms with Crippen molar-refractivity contribution < 1.29 is 4.74 Å². The van der Waals surface area contributed by atoms with E-state index in [-0.39, 0.29) is 6.04 Å². The van der Waals surface area contributed by atoms with Gasteiger partial charge in [0, 0.05) is 55.0 Å². The van der Waals surface area contributed by atoms with Crippen LogP contribution < -0.4 is 10.2 Å². The first-order chi connectivity index (χ1) is 18.5. The maximum atomic E-state index is 6.48. The molecule has 6 rings (SSSR count). The van der Waals surface area contributed by atoms with Gasteiger partial charge in [0.25, 0.3) is 5.78 Å². The van der Waals surface area contributed by atoms with Crippen molar-refractivity contribution in [3.63, 3.8) is 0 Å². The topological polar surface area (TPSA) is 70.8 Å². The van der Waals surface area contributed by atoms with Gasteiger partial charge in [-0.05, 0) is 81.5 Å². The van der Waals surface area contributed by atoms with Crippen molar-refractivity contribution in [3.05, 3.63) is 46.2 Å². The Morgan fingerprint density at radius 2 is 1.82 bits per heavy atom. The summed E-state index contributed by atoms with van der Waals surface area (Å²) in [6, 6.07) is 8.38. The van der Waals surface area contributed by atoms with Crippen molar-refractivity contribution in [2.45, 2.75) is 57.5 Å². The molecule has 38 heavy (non-hydrogen) atoms. The van der Waals surface area contributed by atoms with Crippen LogP contribution in [0, 0.1) is 11.8 Å². The molecule has 2 atom stereocenters. The number of benzene rings is 1. The number of nitrogens with one attached hydrogen (secondary N) is 1. The van der Waals surface area contributed by atoms with Gasteiger partial charge in [-0.1, -0.05) is 29.3 Å². The van der Waals surface area contributed by atoms with E-state index in [1.165, 1.54) is 51.6 Å². The lowest BCUT2D eigenvalue weighted by atomic mass is 9.79. The molecule has 0 aliphatic carbocycles. The molecule has 3 fully saturated rings.